The quantitative estimate of drug-likeness (QED) is 0.582. The maximum Gasteiger partial charge on any atom is 0.0872 e. The van der Waals surface area contributed by atoms with E-state index < -0.39 is 0 Å². The summed E-state index contributed by atoms with van der Waals surface area (Å²) in [5.41, 5.74) is 0. The second-order valence-corrected chi connectivity index (χ2v) is 5.38. The van der Waals surface area contributed by atoms with Gasteiger partial charge in [0.25, 0.3) is 0 Å². The molecule has 1 nitrogen and oxygen atoms in total. The first-order chi connectivity index (χ1) is 6.86. The SMILES string of the molecule is CC1[C](C2CCCCC2)CCC2OC21. The summed E-state index contributed by atoms with van der Waals surface area (Å²) in [4.78, 5) is 0. The fourth-order valence-electron chi connectivity index (χ4n) is 3.63. The minimum absolute atomic E-state index is 0.626. The Balaban J connectivity index is 1.64. The van der Waals surface area contributed by atoms with Crippen molar-refractivity contribution in [2.24, 2.45) is 11.8 Å². The summed E-state index contributed by atoms with van der Waals surface area (Å²) >= 11 is 0. The molecule has 0 aromatic carbocycles. The van der Waals surface area contributed by atoms with Crippen LogP contribution in [-0.2, 0) is 4.74 Å². The molecule has 2 aliphatic carbocycles. The van der Waals surface area contributed by atoms with Crippen molar-refractivity contribution >= 4 is 0 Å². The molecular formula is C13H21O. The Morgan fingerprint density at radius 1 is 1.07 bits per heavy atom. The van der Waals surface area contributed by atoms with Gasteiger partial charge in [0.15, 0.2) is 0 Å². The van der Waals surface area contributed by atoms with Gasteiger partial charge in [0.1, 0.15) is 0 Å². The van der Waals surface area contributed by atoms with Gasteiger partial charge in [-0.25, -0.2) is 0 Å². The van der Waals surface area contributed by atoms with Crippen LogP contribution in [0.1, 0.15) is 51.9 Å². The Morgan fingerprint density at radius 2 is 1.86 bits per heavy atom. The highest BCUT2D eigenvalue weighted by molar-refractivity contribution is 5.13. The van der Waals surface area contributed by atoms with Crippen LogP contribution in [-0.4, -0.2) is 12.2 Å². The molecule has 3 unspecified atom stereocenters. The topological polar surface area (TPSA) is 12.5 Å². The fourth-order valence-corrected chi connectivity index (χ4v) is 3.63. The minimum atomic E-state index is 0.626. The van der Waals surface area contributed by atoms with Crippen LogP contribution in [0.5, 0.6) is 0 Å². The zero-order valence-corrected chi connectivity index (χ0v) is 9.17. The number of hydrogen-bond acceptors (Lipinski definition) is 1. The van der Waals surface area contributed by atoms with Crippen LogP contribution in [0.15, 0.2) is 0 Å². The average Bonchev–Trinajstić information content (AvgIpc) is 3.00. The number of epoxide rings is 1. The van der Waals surface area contributed by atoms with E-state index in [-0.39, 0.29) is 0 Å². The van der Waals surface area contributed by atoms with Crippen LogP contribution in [0, 0.1) is 17.8 Å². The second-order valence-electron chi connectivity index (χ2n) is 5.38. The van der Waals surface area contributed by atoms with Crippen LogP contribution in [0.25, 0.3) is 0 Å². The standard InChI is InChI=1S/C13H21O/c1-9-11(7-8-12-13(9)14-12)10-5-3-2-4-6-10/h9-10,12-13H,2-8H2,1H3. The first-order valence-corrected chi connectivity index (χ1v) is 6.37. The Kier molecular flexibility index (Phi) is 2.31. The van der Waals surface area contributed by atoms with E-state index in [1.165, 1.54) is 44.9 Å². The van der Waals surface area contributed by atoms with E-state index in [1.807, 2.05) is 5.92 Å². The third kappa shape index (κ3) is 1.50. The highest BCUT2D eigenvalue weighted by atomic mass is 16.6. The smallest absolute Gasteiger partial charge is 0.0872 e. The van der Waals surface area contributed by atoms with Gasteiger partial charge in [0.2, 0.25) is 0 Å². The van der Waals surface area contributed by atoms with Crippen LogP contribution in [0.3, 0.4) is 0 Å². The van der Waals surface area contributed by atoms with E-state index in [2.05, 4.69) is 6.92 Å². The van der Waals surface area contributed by atoms with Gasteiger partial charge in [-0.3, -0.25) is 0 Å². The average molecular weight is 193 g/mol. The molecule has 3 rings (SSSR count). The van der Waals surface area contributed by atoms with Crippen molar-refractivity contribution in [1.82, 2.24) is 0 Å². The maximum absolute atomic E-state index is 5.69. The predicted octanol–water partition coefficient (Wildman–Crippen LogP) is 3.34. The molecule has 2 saturated carbocycles. The molecule has 3 fully saturated rings. The van der Waals surface area contributed by atoms with Crippen molar-refractivity contribution in [3.05, 3.63) is 5.92 Å². The van der Waals surface area contributed by atoms with E-state index in [0.29, 0.717) is 12.2 Å². The van der Waals surface area contributed by atoms with Gasteiger partial charge < -0.3 is 4.74 Å². The number of ether oxygens (including phenoxy) is 1. The summed E-state index contributed by atoms with van der Waals surface area (Å²) in [5, 5.41) is 0. The molecule has 14 heavy (non-hydrogen) atoms. The number of hydrogen-bond donors (Lipinski definition) is 0. The van der Waals surface area contributed by atoms with Crippen LogP contribution in [0.2, 0.25) is 0 Å². The van der Waals surface area contributed by atoms with E-state index in [4.69, 9.17) is 4.74 Å². The molecule has 0 bridgehead atoms. The molecule has 3 atom stereocenters. The summed E-state index contributed by atoms with van der Waals surface area (Å²) in [6.45, 7) is 2.40. The van der Waals surface area contributed by atoms with Crippen molar-refractivity contribution in [3.8, 4) is 0 Å². The fraction of sp³-hybridized carbons (Fsp3) is 0.923. The molecule has 1 aliphatic heterocycles. The maximum atomic E-state index is 5.69. The summed E-state index contributed by atoms with van der Waals surface area (Å²) < 4.78 is 5.69. The highest BCUT2D eigenvalue weighted by Gasteiger charge is 2.50. The molecule has 1 radical (unpaired) electrons. The summed E-state index contributed by atoms with van der Waals surface area (Å²) in [6.07, 6.45) is 11.3. The van der Waals surface area contributed by atoms with E-state index in [1.54, 1.807) is 0 Å². The Morgan fingerprint density at radius 3 is 2.64 bits per heavy atom. The molecule has 1 saturated heterocycles. The lowest BCUT2D eigenvalue weighted by atomic mass is 9.69. The zero-order valence-electron chi connectivity index (χ0n) is 9.17. The molecule has 0 aromatic rings. The lowest BCUT2D eigenvalue weighted by molar-refractivity contribution is 0.280. The first kappa shape index (κ1) is 9.21. The molecule has 3 aliphatic rings. The molecule has 1 heterocycles. The lowest BCUT2D eigenvalue weighted by Gasteiger charge is -2.35. The van der Waals surface area contributed by atoms with Crippen molar-refractivity contribution in [3.63, 3.8) is 0 Å². The largest absolute Gasteiger partial charge is 0.369 e. The summed E-state index contributed by atoms with van der Waals surface area (Å²) in [5.74, 6) is 3.60. The van der Waals surface area contributed by atoms with Gasteiger partial charge in [-0.1, -0.05) is 26.2 Å². The molecular weight excluding hydrogens is 172 g/mol. The molecule has 0 N–H and O–H groups in total. The van der Waals surface area contributed by atoms with Crippen molar-refractivity contribution in [1.29, 1.82) is 0 Å². The third-order valence-corrected chi connectivity index (χ3v) is 4.55. The highest BCUT2D eigenvalue weighted by Crippen LogP contribution is 2.50. The Hall–Kier alpha value is -0.0400. The minimum Gasteiger partial charge on any atom is -0.369 e. The monoisotopic (exact) mass is 193 g/mol. The van der Waals surface area contributed by atoms with E-state index >= 15 is 0 Å². The molecule has 1 heteroatoms. The third-order valence-electron chi connectivity index (χ3n) is 4.55. The van der Waals surface area contributed by atoms with Crippen LogP contribution in [0.4, 0.5) is 0 Å². The molecule has 0 amide bonds. The summed E-state index contributed by atoms with van der Waals surface area (Å²) in [6, 6.07) is 0. The van der Waals surface area contributed by atoms with E-state index in [0.717, 1.165) is 11.8 Å². The van der Waals surface area contributed by atoms with Gasteiger partial charge in [-0.15, -0.1) is 0 Å². The van der Waals surface area contributed by atoms with Gasteiger partial charge in [-0.2, -0.15) is 0 Å². The van der Waals surface area contributed by atoms with Gasteiger partial charge in [0.05, 0.1) is 12.2 Å². The van der Waals surface area contributed by atoms with Crippen molar-refractivity contribution < 1.29 is 4.74 Å². The summed E-state index contributed by atoms with van der Waals surface area (Å²) in [7, 11) is 0. The number of fused-ring (bicyclic) bond motifs is 1. The van der Waals surface area contributed by atoms with Crippen molar-refractivity contribution in [2.45, 2.75) is 64.1 Å². The zero-order chi connectivity index (χ0) is 9.54. The second kappa shape index (κ2) is 3.52. The molecule has 0 spiro atoms. The molecule has 0 aromatic heterocycles. The Labute approximate surface area is 87.2 Å². The first-order valence-electron chi connectivity index (χ1n) is 6.37. The Bertz CT molecular complexity index is 207. The van der Waals surface area contributed by atoms with Crippen LogP contribution < -0.4 is 0 Å². The normalized spacial score (nSPS) is 44.8. The van der Waals surface area contributed by atoms with Crippen LogP contribution >= 0.6 is 0 Å². The van der Waals surface area contributed by atoms with Gasteiger partial charge in [0, 0.05) is 0 Å². The number of rotatable bonds is 1. The van der Waals surface area contributed by atoms with E-state index in [9.17, 15) is 0 Å². The van der Waals surface area contributed by atoms with Gasteiger partial charge in [-0.05, 0) is 43.4 Å². The predicted molar refractivity (Wildman–Crippen MR) is 56.9 cm³/mol. The molecule has 79 valence electrons. The van der Waals surface area contributed by atoms with Crippen molar-refractivity contribution in [2.75, 3.05) is 0 Å². The van der Waals surface area contributed by atoms with Gasteiger partial charge >= 0.3 is 0 Å². The lowest BCUT2D eigenvalue weighted by Crippen LogP contribution is -2.29.